The third kappa shape index (κ3) is 3.64. The monoisotopic (exact) mass is 308 g/mol. The van der Waals surface area contributed by atoms with Gasteiger partial charge in [-0.05, 0) is 12.8 Å². The number of nitrogens with zero attached hydrogens (tertiary/aromatic N) is 3. The maximum absolute atomic E-state index is 11.4. The molecular formula is C15H24N4O3. The molecule has 1 fully saturated rings. The Balaban J connectivity index is 2.44. The highest BCUT2D eigenvalue weighted by molar-refractivity contribution is 5.62. The molecule has 1 aliphatic carbocycles. The lowest BCUT2D eigenvalue weighted by molar-refractivity contribution is -0.385. The Morgan fingerprint density at radius 3 is 2.36 bits per heavy atom. The van der Waals surface area contributed by atoms with Gasteiger partial charge < -0.3 is 10.1 Å². The molecule has 0 radical (unpaired) electrons. The van der Waals surface area contributed by atoms with Crippen LogP contribution in [0.1, 0.15) is 58.7 Å². The molecule has 1 N–H and O–H groups in total. The molecule has 22 heavy (non-hydrogen) atoms. The molecule has 0 saturated heterocycles. The molecule has 1 aromatic rings. The molecule has 0 spiro atoms. The summed E-state index contributed by atoms with van der Waals surface area (Å²) in [6, 6.07) is 0.222. The number of nitro groups is 1. The molecule has 0 atom stereocenters. The van der Waals surface area contributed by atoms with Crippen LogP contribution in [0.3, 0.4) is 0 Å². The van der Waals surface area contributed by atoms with E-state index in [1.54, 1.807) is 0 Å². The van der Waals surface area contributed by atoms with E-state index in [1.165, 1.54) is 13.5 Å². The van der Waals surface area contributed by atoms with Crippen molar-refractivity contribution in [3.8, 4) is 5.88 Å². The standard InChI is InChI=1S/C15H24N4O3/c1-15(2,3)14-17-12(16-10-8-6-5-7-9-10)11(19(20)21)13(18-14)22-4/h10H,5-9H2,1-4H3,(H,16,17,18). The molecule has 0 unspecified atom stereocenters. The van der Waals surface area contributed by atoms with Crippen LogP contribution >= 0.6 is 0 Å². The minimum absolute atomic E-state index is 0.0169. The van der Waals surface area contributed by atoms with Crippen molar-refractivity contribution in [1.29, 1.82) is 0 Å². The van der Waals surface area contributed by atoms with Gasteiger partial charge in [-0.15, -0.1) is 0 Å². The summed E-state index contributed by atoms with van der Waals surface area (Å²) in [6.07, 6.45) is 5.52. The van der Waals surface area contributed by atoms with Gasteiger partial charge in [0, 0.05) is 11.5 Å². The van der Waals surface area contributed by atoms with Crippen LogP contribution in [0.4, 0.5) is 11.5 Å². The number of aromatic nitrogens is 2. The van der Waals surface area contributed by atoms with Crippen LogP contribution in [0.5, 0.6) is 5.88 Å². The summed E-state index contributed by atoms with van der Waals surface area (Å²) in [5, 5.41) is 14.7. The molecule has 1 aromatic heterocycles. The molecule has 122 valence electrons. The highest BCUT2D eigenvalue weighted by atomic mass is 16.6. The van der Waals surface area contributed by atoms with Gasteiger partial charge in [-0.25, -0.2) is 4.98 Å². The van der Waals surface area contributed by atoms with E-state index >= 15 is 0 Å². The van der Waals surface area contributed by atoms with E-state index in [0.717, 1.165) is 25.7 Å². The summed E-state index contributed by atoms with van der Waals surface area (Å²) in [5.74, 6) is 0.824. The molecule has 0 aliphatic heterocycles. The van der Waals surface area contributed by atoms with E-state index < -0.39 is 4.92 Å². The predicted molar refractivity (Wildman–Crippen MR) is 84.4 cm³/mol. The van der Waals surface area contributed by atoms with E-state index in [9.17, 15) is 10.1 Å². The van der Waals surface area contributed by atoms with Crippen LogP contribution in [0.25, 0.3) is 0 Å². The lowest BCUT2D eigenvalue weighted by atomic mass is 9.95. The zero-order valence-corrected chi connectivity index (χ0v) is 13.7. The zero-order chi connectivity index (χ0) is 16.3. The number of methoxy groups -OCH3 is 1. The molecule has 1 saturated carbocycles. The molecule has 1 heterocycles. The number of anilines is 1. The summed E-state index contributed by atoms with van der Waals surface area (Å²) in [7, 11) is 1.40. The average Bonchev–Trinajstić information content (AvgIpc) is 2.46. The third-order valence-corrected chi connectivity index (χ3v) is 3.84. The maximum Gasteiger partial charge on any atom is 0.372 e. The van der Waals surface area contributed by atoms with Gasteiger partial charge in [0.05, 0.1) is 12.0 Å². The second-order valence-corrected chi connectivity index (χ2v) is 6.74. The highest BCUT2D eigenvalue weighted by Crippen LogP contribution is 2.35. The van der Waals surface area contributed by atoms with Crippen LogP contribution in [0.2, 0.25) is 0 Å². The summed E-state index contributed by atoms with van der Waals surface area (Å²) in [4.78, 5) is 19.6. The van der Waals surface area contributed by atoms with Crippen LogP contribution in [-0.4, -0.2) is 28.0 Å². The molecular weight excluding hydrogens is 284 g/mol. The lowest BCUT2D eigenvalue weighted by Gasteiger charge is -2.24. The quantitative estimate of drug-likeness (QED) is 0.677. The first-order chi connectivity index (χ1) is 10.3. The molecule has 0 bridgehead atoms. The number of hydrogen-bond acceptors (Lipinski definition) is 6. The van der Waals surface area contributed by atoms with Crippen LogP contribution in [-0.2, 0) is 5.41 Å². The van der Waals surface area contributed by atoms with Crippen molar-refractivity contribution in [3.63, 3.8) is 0 Å². The fourth-order valence-corrected chi connectivity index (χ4v) is 2.62. The van der Waals surface area contributed by atoms with Crippen molar-refractivity contribution in [3.05, 3.63) is 15.9 Å². The van der Waals surface area contributed by atoms with Crippen molar-refractivity contribution in [2.75, 3.05) is 12.4 Å². The third-order valence-electron chi connectivity index (χ3n) is 3.84. The van der Waals surface area contributed by atoms with Gasteiger partial charge in [0.15, 0.2) is 0 Å². The van der Waals surface area contributed by atoms with Crippen LogP contribution in [0.15, 0.2) is 0 Å². The van der Waals surface area contributed by atoms with Gasteiger partial charge in [0.2, 0.25) is 5.82 Å². The Kier molecular flexibility index (Phi) is 4.83. The first kappa shape index (κ1) is 16.5. The largest absolute Gasteiger partial charge is 0.476 e. The van der Waals surface area contributed by atoms with Gasteiger partial charge in [-0.3, -0.25) is 10.1 Å². The van der Waals surface area contributed by atoms with E-state index in [4.69, 9.17) is 4.74 Å². The summed E-state index contributed by atoms with van der Waals surface area (Å²) < 4.78 is 5.14. The minimum atomic E-state index is -0.476. The van der Waals surface area contributed by atoms with E-state index in [2.05, 4.69) is 15.3 Å². The lowest BCUT2D eigenvalue weighted by Crippen LogP contribution is -2.25. The van der Waals surface area contributed by atoms with Crippen molar-refractivity contribution in [2.24, 2.45) is 0 Å². The van der Waals surface area contributed by atoms with E-state index in [-0.39, 0.29) is 28.8 Å². The molecule has 7 nitrogen and oxygen atoms in total. The van der Waals surface area contributed by atoms with Gasteiger partial charge in [0.1, 0.15) is 5.82 Å². The number of hydrogen-bond donors (Lipinski definition) is 1. The summed E-state index contributed by atoms with van der Waals surface area (Å²) in [5.41, 5.74) is -0.494. The Bertz CT molecular complexity index is 548. The van der Waals surface area contributed by atoms with Crippen LogP contribution in [0, 0.1) is 10.1 Å². The fraction of sp³-hybridized carbons (Fsp3) is 0.733. The normalized spacial score (nSPS) is 16.4. The topological polar surface area (TPSA) is 90.2 Å². The Morgan fingerprint density at radius 2 is 1.86 bits per heavy atom. The SMILES string of the molecule is COc1nc(C(C)(C)C)nc(NC2CCCCC2)c1[N+](=O)[O-]. The second kappa shape index (κ2) is 6.46. The number of rotatable bonds is 4. The Morgan fingerprint density at radius 1 is 1.23 bits per heavy atom. The van der Waals surface area contributed by atoms with Crippen molar-refractivity contribution >= 4 is 11.5 Å². The summed E-state index contributed by atoms with van der Waals surface area (Å²) >= 11 is 0. The summed E-state index contributed by atoms with van der Waals surface area (Å²) in [6.45, 7) is 5.91. The minimum Gasteiger partial charge on any atom is -0.476 e. The zero-order valence-electron chi connectivity index (χ0n) is 13.7. The van der Waals surface area contributed by atoms with Gasteiger partial charge in [0.25, 0.3) is 5.88 Å². The molecule has 1 aliphatic rings. The first-order valence-electron chi connectivity index (χ1n) is 7.70. The molecule has 2 rings (SSSR count). The van der Waals surface area contributed by atoms with Gasteiger partial charge in [-0.1, -0.05) is 40.0 Å². The molecule has 0 amide bonds. The number of ether oxygens (including phenoxy) is 1. The van der Waals surface area contributed by atoms with Crippen molar-refractivity contribution in [1.82, 2.24) is 9.97 Å². The Labute approximate surface area is 130 Å². The average molecular weight is 308 g/mol. The van der Waals surface area contributed by atoms with E-state index in [0.29, 0.717) is 5.82 Å². The fourth-order valence-electron chi connectivity index (χ4n) is 2.62. The van der Waals surface area contributed by atoms with Crippen molar-refractivity contribution < 1.29 is 9.66 Å². The predicted octanol–water partition coefficient (Wildman–Crippen LogP) is 3.44. The molecule has 0 aromatic carbocycles. The Hall–Kier alpha value is -1.92. The second-order valence-electron chi connectivity index (χ2n) is 6.74. The molecule has 7 heteroatoms. The van der Waals surface area contributed by atoms with Gasteiger partial charge >= 0.3 is 5.69 Å². The van der Waals surface area contributed by atoms with Crippen LogP contribution < -0.4 is 10.1 Å². The van der Waals surface area contributed by atoms with Crippen molar-refractivity contribution in [2.45, 2.75) is 64.3 Å². The highest BCUT2D eigenvalue weighted by Gasteiger charge is 2.30. The maximum atomic E-state index is 11.4. The van der Waals surface area contributed by atoms with E-state index in [1.807, 2.05) is 20.8 Å². The first-order valence-corrected chi connectivity index (χ1v) is 7.70. The van der Waals surface area contributed by atoms with Gasteiger partial charge in [-0.2, -0.15) is 4.98 Å². The number of nitrogens with one attached hydrogen (secondary N) is 1. The smallest absolute Gasteiger partial charge is 0.372 e.